The van der Waals surface area contributed by atoms with Crippen LogP contribution in [0.15, 0.2) is 218 Å². The Hall–Kier alpha value is -7.22. The normalized spacial score (nSPS) is 11.6. The van der Waals surface area contributed by atoms with Crippen LogP contribution in [0.25, 0.3) is 76.8 Å². The van der Waals surface area contributed by atoms with Gasteiger partial charge in [0.15, 0.2) is 0 Å². The Balaban J connectivity index is 1.31. The molecule has 0 saturated carbocycles. The predicted octanol–water partition coefficient (Wildman–Crippen LogP) is 16.6. The SMILES string of the molecule is CC(C)(C)c1ccc(N(c2cccc(-c3ccccc3)c2)c2ccc3c(c2)c2ccccc2c2c(-c4ccccc4)cc(-c4ccccc4)c(-c4ccccc4)c32)cc1. The number of hydrogen-bond donors (Lipinski definition) is 0. The zero-order chi connectivity index (χ0) is 39.9. The van der Waals surface area contributed by atoms with Crippen molar-refractivity contribution in [3.05, 3.63) is 224 Å². The van der Waals surface area contributed by atoms with Gasteiger partial charge in [0.2, 0.25) is 0 Å². The zero-order valence-corrected chi connectivity index (χ0v) is 33.7. The molecule has 10 aromatic rings. The summed E-state index contributed by atoms with van der Waals surface area (Å²) in [7, 11) is 0. The molecule has 0 aliphatic carbocycles. The van der Waals surface area contributed by atoms with Gasteiger partial charge in [-0.3, -0.25) is 0 Å². The van der Waals surface area contributed by atoms with Crippen LogP contribution in [0, 0.1) is 0 Å². The van der Waals surface area contributed by atoms with Crippen molar-refractivity contribution >= 4 is 49.4 Å². The summed E-state index contributed by atoms with van der Waals surface area (Å²) in [6, 6.07) is 80.1. The van der Waals surface area contributed by atoms with Crippen LogP contribution in [-0.4, -0.2) is 0 Å². The van der Waals surface area contributed by atoms with E-state index in [1.165, 1.54) is 82.4 Å². The predicted molar refractivity (Wildman–Crippen MR) is 254 cm³/mol. The molecule has 0 aromatic heterocycles. The molecule has 282 valence electrons. The van der Waals surface area contributed by atoms with Crippen LogP contribution in [-0.2, 0) is 5.41 Å². The topological polar surface area (TPSA) is 3.24 Å². The van der Waals surface area contributed by atoms with Gasteiger partial charge in [-0.1, -0.05) is 197 Å². The van der Waals surface area contributed by atoms with Crippen molar-refractivity contribution < 1.29 is 0 Å². The van der Waals surface area contributed by atoms with E-state index >= 15 is 0 Å². The molecular weight excluding hydrogens is 711 g/mol. The molecule has 0 unspecified atom stereocenters. The van der Waals surface area contributed by atoms with Gasteiger partial charge in [0.25, 0.3) is 0 Å². The molecular formula is C58H45N. The number of hydrogen-bond acceptors (Lipinski definition) is 1. The van der Waals surface area contributed by atoms with Crippen LogP contribution in [0.3, 0.4) is 0 Å². The summed E-state index contributed by atoms with van der Waals surface area (Å²) < 4.78 is 0. The van der Waals surface area contributed by atoms with Crippen LogP contribution in [0.2, 0.25) is 0 Å². The van der Waals surface area contributed by atoms with Gasteiger partial charge in [0, 0.05) is 17.1 Å². The van der Waals surface area contributed by atoms with E-state index in [-0.39, 0.29) is 5.41 Å². The van der Waals surface area contributed by atoms with Crippen molar-refractivity contribution in [1.82, 2.24) is 0 Å². The first-order chi connectivity index (χ1) is 28.9. The number of rotatable bonds is 7. The molecule has 10 aromatic carbocycles. The van der Waals surface area contributed by atoms with Gasteiger partial charge in [-0.05, 0) is 130 Å². The van der Waals surface area contributed by atoms with E-state index in [0.29, 0.717) is 0 Å². The Morgan fingerprint density at radius 2 is 0.797 bits per heavy atom. The van der Waals surface area contributed by atoms with Gasteiger partial charge in [0.05, 0.1) is 0 Å². The molecule has 0 amide bonds. The number of benzene rings is 10. The van der Waals surface area contributed by atoms with Gasteiger partial charge in [-0.25, -0.2) is 0 Å². The van der Waals surface area contributed by atoms with E-state index < -0.39 is 0 Å². The highest BCUT2D eigenvalue weighted by molar-refractivity contribution is 6.33. The molecule has 59 heavy (non-hydrogen) atoms. The first-order valence-corrected chi connectivity index (χ1v) is 20.6. The standard InChI is InChI=1S/C58H45N/c1-58(2,3)45-31-33-46(34-32-45)59(47-28-18-27-44(37-47)40-19-8-4-9-20-40)48-35-36-51-54(38-48)49-29-16-17-30-50(49)56-53(42-23-12-6-13-24-42)39-52(41-21-10-5-11-22-41)55(57(51)56)43-25-14-7-15-26-43/h4-39H,1-3H3. The summed E-state index contributed by atoms with van der Waals surface area (Å²) >= 11 is 0. The lowest BCUT2D eigenvalue weighted by Gasteiger charge is -2.28. The number of anilines is 3. The molecule has 0 N–H and O–H groups in total. The van der Waals surface area contributed by atoms with Crippen molar-refractivity contribution in [3.8, 4) is 44.5 Å². The largest absolute Gasteiger partial charge is 0.310 e. The molecule has 0 heterocycles. The molecule has 10 rings (SSSR count). The third-order valence-corrected chi connectivity index (χ3v) is 11.8. The molecule has 0 fully saturated rings. The van der Waals surface area contributed by atoms with Crippen LogP contribution in [0.5, 0.6) is 0 Å². The maximum Gasteiger partial charge on any atom is 0.0468 e. The Labute approximate surface area is 347 Å². The monoisotopic (exact) mass is 755 g/mol. The smallest absolute Gasteiger partial charge is 0.0468 e. The van der Waals surface area contributed by atoms with Gasteiger partial charge < -0.3 is 4.90 Å². The van der Waals surface area contributed by atoms with Crippen molar-refractivity contribution in [2.24, 2.45) is 0 Å². The molecule has 0 aliphatic heterocycles. The molecule has 0 atom stereocenters. The Morgan fingerprint density at radius 1 is 0.305 bits per heavy atom. The maximum absolute atomic E-state index is 2.44. The summed E-state index contributed by atoms with van der Waals surface area (Å²) in [4.78, 5) is 2.42. The quantitative estimate of drug-likeness (QED) is 0.146. The summed E-state index contributed by atoms with van der Waals surface area (Å²) in [5.41, 5.74) is 14.4. The molecule has 0 saturated heterocycles. The number of nitrogens with zero attached hydrogens (tertiary/aromatic N) is 1. The van der Waals surface area contributed by atoms with E-state index in [4.69, 9.17) is 0 Å². The van der Waals surface area contributed by atoms with E-state index in [0.717, 1.165) is 17.1 Å². The summed E-state index contributed by atoms with van der Waals surface area (Å²) in [5.74, 6) is 0. The average molecular weight is 756 g/mol. The molecule has 1 heteroatoms. The maximum atomic E-state index is 2.44. The second-order valence-corrected chi connectivity index (χ2v) is 16.5. The first-order valence-electron chi connectivity index (χ1n) is 20.6. The molecule has 1 nitrogen and oxygen atoms in total. The van der Waals surface area contributed by atoms with Crippen molar-refractivity contribution in [2.45, 2.75) is 26.2 Å². The number of fused-ring (bicyclic) bond motifs is 6. The fourth-order valence-corrected chi connectivity index (χ4v) is 8.89. The lowest BCUT2D eigenvalue weighted by atomic mass is 9.81. The van der Waals surface area contributed by atoms with Gasteiger partial charge in [-0.15, -0.1) is 0 Å². The highest BCUT2D eigenvalue weighted by Gasteiger charge is 2.23. The minimum Gasteiger partial charge on any atom is -0.310 e. The van der Waals surface area contributed by atoms with E-state index in [2.05, 4.69) is 244 Å². The first kappa shape index (κ1) is 36.1. The lowest BCUT2D eigenvalue weighted by Crippen LogP contribution is -2.13. The van der Waals surface area contributed by atoms with Gasteiger partial charge in [-0.2, -0.15) is 0 Å². The van der Waals surface area contributed by atoms with Crippen molar-refractivity contribution in [1.29, 1.82) is 0 Å². The third-order valence-electron chi connectivity index (χ3n) is 11.8. The Morgan fingerprint density at radius 3 is 1.42 bits per heavy atom. The fourth-order valence-electron chi connectivity index (χ4n) is 8.89. The fraction of sp³-hybridized carbons (Fsp3) is 0.0690. The Kier molecular flexibility index (Phi) is 9.15. The van der Waals surface area contributed by atoms with E-state index in [9.17, 15) is 0 Å². The summed E-state index contributed by atoms with van der Waals surface area (Å²) in [5, 5.41) is 7.48. The molecule has 0 radical (unpaired) electrons. The Bertz CT molecular complexity index is 3090. The van der Waals surface area contributed by atoms with E-state index in [1.54, 1.807) is 0 Å². The minimum atomic E-state index is 0.0488. The highest BCUT2D eigenvalue weighted by Crippen LogP contribution is 2.50. The van der Waals surface area contributed by atoms with Crippen molar-refractivity contribution in [3.63, 3.8) is 0 Å². The van der Waals surface area contributed by atoms with Gasteiger partial charge in [0.1, 0.15) is 0 Å². The lowest BCUT2D eigenvalue weighted by molar-refractivity contribution is 0.590. The molecule has 0 aliphatic rings. The van der Waals surface area contributed by atoms with Crippen LogP contribution >= 0.6 is 0 Å². The second-order valence-electron chi connectivity index (χ2n) is 16.5. The van der Waals surface area contributed by atoms with Gasteiger partial charge >= 0.3 is 0 Å². The average Bonchev–Trinajstić information content (AvgIpc) is 3.29. The minimum absolute atomic E-state index is 0.0488. The zero-order valence-electron chi connectivity index (χ0n) is 33.7. The molecule has 0 spiro atoms. The van der Waals surface area contributed by atoms with Crippen LogP contribution in [0.1, 0.15) is 26.3 Å². The van der Waals surface area contributed by atoms with Crippen LogP contribution in [0.4, 0.5) is 17.1 Å². The summed E-state index contributed by atoms with van der Waals surface area (Å²) in [6.07, 6.45) is 0. The highest BCUT2D eigenvalue weighted by atomic mass is 15.1. The summed E-state index contributed by atoms with van der Waals surface area (Å²) in [6.45, 7) is 6.83. The van der Waals surface area contributed by atoms with E-state index in [1.807, 2.05) is 0 Å². The van der Waals surface area contributed by atoms with Crippen LogP contribution < -0.4 is 4.90 Å². The third kappa shape index (κ3) is 6.65. The second kappa shape index (κ2) is 14.9. The molecule has 0 bridgehead atoms. The van der Waals surface area contributed by atoms with Crippen molar-refractivity contribution in [2.75, 3.05) is 4.90 Å².